The summed E-state index contributed by atoms with van der Waals surface area (Å²) in [6.45, 7) is 0. The number of nitrogens with zero attached hydrogens (tertiary/aromatic N) is 1. The number of hydrogen-bond donors (Lipinski definition) is 1. The van der Waals surface area contributed by atoms with Gasteiger partial charge in [0.1, 0.15) is 0 Å². The first kappa shape index (κ1) is 15.2. The summed E-state index contributed by atoms with van der Waals surface area (Å²) in [6, 6.07) is 15.0. The molecule has 0 aliphatic heterocycles. The Morgan fingerprint density at radius 2 is 1.76 bits per heavy atom. The van der Waals surface area contributed by atoms with E-state index in [0.717, 1.165) is 5.56 Å². The lowest BCUT2D eigenvalue weighted by atomic mass is 10.1. The molecule has 0 spiro atoms. The third kappa shape index (κ3) is 3.88. The van der Waals surface area contributed by atoms with Gasteiger partial charge in [-0.05, 0) is 17.7 Å². The molecule has 2 aromatic rings. The van der Waals surface area contributed by atoms with Crippen molar-refractivity contribution >= 4 is 27.5 Å². The van der Waals surface area contributed by atoms with Crippen LogP contribution in [0.2, 0.25) is 0 Å². The fourth-order valence-corrected chi connectivity index (χ4v) is 2.41. The van der Waals surface area contributed by atoms with Crippen molar-refractivity contribution in [2.45, 2.75) is 6.04 Å². The Labute approximate surface area is 130 Å². The summed E-state index contributed by atoms with van der Waals surface area (Å²) in [5, 5.41) is 14.1. The molecule has 0 saturated heterocycles. The molecule has 0 fully saturated rings. The van der Waals surface area contributed by atoms with Gasteiger partial charge in [0.2, 0.25) is 0 Å². The van der Waals surface area contributed by atoms with Gasteiger partial charge in [-0.2, -0.15) is 0 Å². The third-order valence-electron chi connectivity index (χ3n) is 3.00. The fourth-order valence-electron chi connectivity index (χ4n) is 1.87. The Bertz CT molecular complexity index is 629. The van der Waals surface area contributed by atoms with E-state index in [0.29, 0.717) is 10.9 Å². The smallest absolute Gasteiger partial charge is 0.269 e. The highest BCUT2D eigenvalue weighted by atomic mass is 79.9. The van der Waals surface area contributed by atoms with Crippen molar-refractivity contribution in [1.82, 2.24) is 5.32 Å². The first-order valence-electron chi connectivity index (χ1n) is 6.28. The molecule has 0 saturated carbocycles. The van der Waals surface area contributed by atoms with Crippen LogP contribution in [0, 0.1) is 10.1 Å². The molecule has 1 amide bonds. The average molecular weight is 349 g/mol. The number of amides is 1. The minimum absolute atomic E-state index is 0.0355. The fraction of sp³-hybridized carbons (Fsp3) is 0.133. The summed E-state index contributed by atoms with van der Waals surface area (Å²) in [5.41, 5.74) is 1.35. The van der Waals surface area contributed by atoms with Crippen molar-refractivity contribution < 1.29 is 9.72 Å². The van der Waals surface area contributed by atoms with Crippen molar-refractivity contribution in [3.8, 4) is 0 Å². The molecule has 0 radical (unpaired) electrons. The predicted molar refractivity (Wildman–Crippen MR) is 83.5 cm³/mol. The lowest BCUT2D eigenvalue weighted by Gasteiger charge is -2.16. The Kier molecular flexibility index (Phi) is 5.05. The van der Waals surface area contributed by atoms with E-state index in [2.05, 4.69) is 21.2 Å². The lowest BCUT2D eigenvalue weighted by Crippen LogP contribution is -2.29. The highest BCUT2D eigenvalue weighted by Gasteiger charge is 2.15. The topological polar surface area (TPSA) is 72.2 Å². The number of benzene rings is 2. The summed E-state index contributed by atoms with van der Waals surface area (Å²) >= 11 is 3.38. The second-order valence-electron chi connectivity index (χ2n) is 4.40. The van der Waals surface area contributed by atoms with Crippen LogP contribution in [0.3, 0.4) is 0 Å². The van der Waals surface area contributed by atoms with Gasteiger partial charge in [0.15, 0.2) is 0 Å². The highest BCUT2D eigenvalue weighted by molar-refractivity contribution is 9.09. The SMILES string of the molecule is O=C(NC(CBr)c1ccccc1)c1ccc([N+](=O)[O-])cc1. The lowest BCUT2D eigenvalue weighted by molar-refractivity contribution is -0.384. The Morgan fingerprint density at radius 1 is 1.14 bits per heavy atom. The number of rotatable bonds is 5. The van der Waals surface area contributed by atoms with E-state index in [1.54, 1.807) is 0 Å². The van der Waals surface area contributed by atoms with Gasteiger partial charge in [-0.15, -0.1) is 0 Å². The van der Waals surface area contributed by atoms with Crippen molar-refractivity contribution in [2.75, 3.05) is 5.33 Å². The van der Waals surface area contributed by atoms with Crippen molar-refractivity contribution in [1.29, 1.82) is 0 Å². The molecule has 1 atom stereocenters. The maximum absolute atomic E-state index is 12.2. The Morgan fingerprint density at radius 3 is 2.29 bits per heavy atom. The van der Waals surface area contributed by atoms with Crippen LogP contribution in [0.15, 0.2) is 54.6 Å². The van der Waals surface area contributed by atoms with E-state index < -0.39 is 4.92 Å². The van der Waals surface area contributed by atoms with Crippen LogP contribution in [-0.2, 0) is 0 Å². The molecule has 0 aliphatic carbocycles. The minimum atomic E-state index is -0.493. The molecule has 1 unspecified atom stereocenters. The van der Waals surface area contributed by atoms with E-state index in [4.69, 9.17) is 0 Å². The van der Waals surface area contributed by atoms with Gasteiger partial charge in [0.25, 0.3) is 11.6 Å². The molecule has 2 aromatic carbocycles. The molecule has 21 heavy (non-hydrogen) atoms. The number of hydrogen-bond acceptors (Lipinski definition) is 3. The zero-order valence-electron chi connectivity index (χ0n) is 11.0. The number of nitro benzene ring substituents is 1. The van der Waals surface area contributed by atoms with E-state index in [9.17, 15) is 14.9 Å². The average Bonchev–Trinajstić information content (AvgIpc) is 2.53. The molecule has 6 heteroatoms. The summed E-state index contributed by atoms with van der Waals surface area (Å²) in [7, 11) is 0. The van der Waals surface area contributed by atoms with Crippen molar-refractivity contribution in [3.63, 3.8) is 0 Å². The number of halogens is 1. The summed E-state index contributed by atoms with van der Waals surface area (Å²) in [5.74, 6) is -0.266. The molecule has 0 aliphatic rings. The van der Waals surface area contributed by atoms with Crippen LogP contribution in [0.5, 0.6) is 0 Å². The quantitative estimate of drug-likeness (QED) is 0.510. The van der Waals surface area contributed by atoms with E-state index in [1.165, 1.54) is 24.3 Å². The molecule has 1 N–H and O–H groups in total. The number of nitrogens with one attached hydrogen (secondary N) is 1. The zero-order valence-corrected chi connectivity index (χ0v) is 12.6. The van der Waals surface area contributed by atoms with Crippen LogP contribution < -0.4 is 5.32 Å². The summed E-state index contributed by atoms with van der Waals surface area (Å²) in [6.07, 6.45) is 0. The monoisotopic (exact) mass is 348 g/mol. The second-order valence-corrected chi connectivity index (χ2v) is 5.04. The Balaban J connectivity index is 2.11. The minimum Gasteiger partial charge on any atom is -0.344 e. The van der Waals surface area contributed by atoms with E-state index >= 15 is 0 Å². The van der Waals surface area contributed by atoms with Crippen LogP contribution >= 0.6 is 15.9 Å². The molecular weight excluding hydrogens is 336 g/mol. The maximum atomic E-state index is 12.2. The number of carbonyl (C=O) groups excluding carboxylic acids is 1. The molecular formula is C15H13BrN2O3. The number of non-ortho nitro benzene ring substituents is 1. The van der Waals surface area contributed by atoms with Gasteiger partial charge in [0.05, 0.1) is 11.0 Å². The Hall–Kier alpha value is -2.21. The van der Waals surface area contributed by atoms with Crippen LogP contribution in [0.4, 0.5) is 5.69 Å². The van der Waals surface area contributed by atoms with Crippen LogP contribution in [-0.4, -0.2) is 16.2 Å². The van der Waals surface area contributed by atoms with Gasteiger partial charge >= 0.3 is 0 Å². The number of carbonyl (C=O) groups is 1. The normalized spacial score (nSPS) is 11.7. The van der Waals surface area contributed by atoms with Gasteiger partial charge in [-0.3, -0.25) is 14.9 Å². The largest absolute Gasteiger partial charge is 0.344 e. The predicted octanol–water partition coefficient (Wildman–Crippen LogP) is 3.46. The molecule has 0 heterocycles. The van der Waals surface area contributed by atoms with Crippen LogP contribution in [0.25, 0.3) is 0 Å². The number of alkyl halides is 1. The molecule has 5 nitrogen and oxygen atoms in total. The molecule has 0 aromatic heterocycles. The van der Waals surface area contributed by atoms with E-state index in [1.807, 2.05) is 30.3 Å². The van der Waals surface area contributed by atoms with Gasteiger partial charge < -0.3 is 5.32 Å². The maximum Gasteiger partial charge on any atom is 0.269 e. The number of nitro groups is 1. The molecule has 2 rings (SSSR count). The summed E-state index contributed by atoms with van der Waals surface area (Å²) in [4.78, 5) is 22.3. The molecule has 0 bridgehead atoms. The standard InChI is InChI=1S/C15H13BrN2O3/c16-10-14(11-4-2-1-3-5-11)17-15(19)12-6-8-13(9-7-12)18(20)21/h1-9,14H,10H2,(H,17,19). The van der Waals surface area contributed by atoms with Crippen molar-refractivity contribution in [3.05, 3.63) is 75.8 Å². The van der Waals surface area contributed by atoms with Crippen molar-refractivity contribution in [2.24, 2.45) is 0 Å². The van der Waals surface area contributed by atoms with Gasteiger partial charge in [-0.1, -0.05) is 46.3 Å². The van der Waals surface area contributed by atoms with Gasteiger partial charge in [0, 0.05) is 23.0 Å². The van der Waals surface area contributed by atoms with Crippen LogP contribution in [0.1, 0.15) is 22.0 Å². The van der Waals surface area contributed by atoms with E-state index in [-0.39, 0.29) is 17.6 Å². The first-order chi connectivity index (χ1) is 10.1. The second kappa shape index (κ2) is 6.99. The first-order valence-corrected chi connectivity index (χ1v) is 7.40. The van der Waals surface area contributed by atoms with Gasteiger partial charge in [-0.25, -0.2) is 0 Å². The zero-order chi connectivity index (χ0) is 15.2. The molecule has 108 valence electrons. The highest BCUT2D eigenvalue weighted by Crippen LogP contribution is 2.17. The third-order valence-corrected chi connectivity index (χ3v) is 3.65. The summed E-state index contributed by atoms with van der Waals surface area (Å²) < 4.78 is 0.